The van der Waals surface area contributed by atoms with E-state index in [0.29, 0.717) is 47.4 Å². The molecule has 0 N–H and O–H groups in total. The first-order valence-corrected chi connectivity index (χ1v) is 14.0. The van der Waals surface area contributed by atoms with E-state index < -0.39 is 10.0 Å². The van der Waals surface area contributed by atoms with Gasteiger partial charge in [0.15, 0.2) is 11.0 Å². The van der Waals surface area contributed by atoms with E-state index in [1.54, 1.807) is 16.4 Å². The van der Waals surface area contributed by atoms with E-state index in [4.69, 9.17) is 9.51 Å². The molecule has 0 radical (unpaired) electrons. The molecule has 0 amide bonds. The molecule has 5 rings (SSSR count). The maximum absolute atomic E-state index is 13.1. The van der Waals surface area contributed by atoms with Gasteiger partial charge in [0.1, 0.15) is 0 Å². The first-order valence-electron chi connectivity index (χ1n) is 11.5. The van der Waals surface area contributed by atoms with Crippen LogP contribution in [-0.4, -0.2) is 45.5 Å². The van der Waals surface area contributed by atoms with E-state index in [2.05, 4.69) is 14.7 Å². The molecule has 1 aliphatic heterocycles. The Morgan fingerprint density at radius 1 is 1.03 bits per heavy atom. The van der Waals surface area contributed by atoms with Gasteiger partial charge in [-0.2, -0.15) is 9.29 Å². The number of fused-ring (bicyclic) bond motifs is 1. The molecule has 1 fully saturated rings. The summed E-state index contributed by atoms with van der Waals surface area (Å²) in [5.74, 6) is 1.68. The number of benzene rings is 2. The highest BCUT2D eigenvalue weighted by molar-refractivity contribution is 7.98. The van der Waals surface area contributed by atoms with Crippen LogP contribution in [0, 0.1) is 0 Å². The van der Waals surface area contributed by atoms with E-state index in [-0.39, 0.29) is 0 Å². The molecule has 0 atom stereocenters. The SMILES string of the molecule is CCn1c(SCc2nc(Cc3ccccc3)no2)nc2cc(S(=O)(=O)N3CCCCC3)ccc21. The van der Waals surface area contributed by atoms with Crippen molar-refractivity contribution in [3.05, 3.63) is 65.8 Å². The van der Waals surface area contributed by atoms with Gasteiger partial charge in [0.05, 0.1) is 21.7 Å². The number of imidazole rings is 1. The predicted octanol–water partition coefficient (Wildman–Crippen LogP) is 4.50. The molecule has 2 aromatic carbocycles. The lowest BCUT2D eigenvalue weighted by Gasteiger charge is -2.25. The first-order chi connectivity index (χ1) is 16.5. The standard InChI is InChI=1S/C24H27N5O3S2/c1-2-29-21-12-11-19(34(30,31)28-13-7-4-8-14-28)16-20(21)25-24(29)33-17-23-26-22(27-32-23)15-18-9-5-3-6-10-18/h3,5-6,9-12,16H,2,4,7-8,13-15,17H2,1H3. The van der Waals surface area contributed by atoms with Gasteiger partial charge in [0, 0.05) is 26.1 Å². The highest BCUT2D eigenvalue weighted by Crippen LogP contribution is 2.29. The average Bonchev–Trinajstić information content (AvgIpc) is 3.46. The minimum atomic E-state index is -3.50. The van der Waals surface area contributed by atoms with Gasteiger partial charge < -0.3 is 9.09 Å². The molecule has 4 aromatic rings. The zero-order valence-corrected chi connectivity index (χ0v) is 20.7. The van der Waals surface area contributed by atoms with Crippen LogP contribution in [0.5, 0.6) is 0 Å². The van der Waals surface area contributed by atoms with E-state index in [1.807, 2.05) is 43.3 Å². The quantitative estimate of drug-likeness (QED) is 0.331. The lowest BCUT2D eigenvalue weighted by atomic mass is 10.1. The molecule has 2 aromatic heterocycles. The number of sulfonamides is 1. The minimum Gasteiger partial charge on any atom is -0.338 e. The molecule has 10 heteroatoms. The topological polar surface area (TPSA) is 94.1 Å². The van der Waals surface area contributed by atoms with Gasteiger partial charge >= 0.3 is 0 Å². The van der Waals surface area contributed by atoms with Gasteiger partial charge in [-0.05, 0) is 43.5 Å². The summed E-state index contributed by atoms with van der Waals surface area (Å²) in [4.78, 5) is 9.56. The number of aryl methyl sites for hydroxylation is 1. The van der Waals surface area contributed by atoms with Gasteiger partial charge in [-0.3, -0.25) is 0 Å². The monoisotopic (exact) mass is 497 g/mol. The largest absolute Gasteiger partial charge is 0.338 e. The maximum atomic E-state index is 13.1. The van der Waals surface area contributed by atoms with Crippen LogP contribution in [0.15, 0.2) is 63.1 Å². The number of thioether (sulfide) groups is 1. The second-order valence-corrected chi connectivity index (χ2v) is 11.2. The Kier molecular flexibility index (Phi) is 6.71. The molecule has 1 aliphatic rings. The van der Waals surface area contributed by atoms with E-state index in [1.165, 1.54) is 11.8 Å². The fraction of sp³-hybridized carbons (Fsp3) is 0.375. The molecule has 34 heavy (non-hydrogen) atoms. The van der Waals surface area contributed by atoms with E-state index in [9.17, 15) is 8.42 Å². The highest BCUT2D eigenvalue weighted by Gasteiger charge is 2.26. The summed E-state index contributed by atoms with van der Waals surface area (Å²) in [6.45, 7) is 3.94. The normalized spacial score (nSPS) is 15.2. The Labute approximate surface area is 203 Å². The number of aromatic nitrogens is 4. The van der Waals surface area contributed by atoms with Gasteiger partial charge in [0.2, 0.25) is 15.9 Å². The van der Waals surface area contributed by atoms with Crippen LogP contribution < -0.4 is 0 Å². The summed E-state index contributed by atoms with van der Waals surface area (Å²) in [7, 11) is -3.50. The lowest BCUT2D eigenvalue weighted by Crippen LogP contribution is -2.35. The summed E-state index contributed by atoms with van der Waals surface area (Å²) in [5.41, 5.74) is 2.72. The van der Waals surface area contributed by atoms with Crippen molar-refractivity contribution >= 4 is 32.8 Å². The third-order valence-corrected chi connectivity index (χ3v) is 8.85. The van der Waals surface area contributed by atoms with Crippen LogP contribution in [0.3, 0.4) is 0 Å². The molecule has 0 unspecified atom stereocenters. The van der Waals surface area contributed by atoms with Crippen LogP contribution >= 0.6 is 11.8 Å². The Morgan fingerprint density at radius 2 is 1.82 bits per heavy atom. The van der Waals surface area contributed by atoms with Crippen molar-refractivity contribution in [3.63, 3.8) is 0 Å². The fourth-order valence-electron chi connectivity index (χ4n) is 4.24. The summed E-state index contributed by atoms with van der Waals surface area (Å²) >= 11 is 1.51. The fourth-order valence-corrected chi connectivity index (χ4v) is 6.70. The zero-order valence-electron chi connectivity index (χ0n) is 19.1. The molecule has 8 nitrogen and oxygen atoms in total. The van der Waals surface area contributed by atoms with Gasteiger partial charge in [0.25, 0.3) is 0 Å². The van der Waals surface area contributed by atoms with Crippen LogP contribution in [0.4, 0.5) is 0 Å². The average molecular weight is 498 g/mol. The van der Waals surface area contributed by atoms with Gasteiger partial charge in [-0.15, -0.1) is 0 Å². The van der Waals surface area contributed by atoms with Gasteiger partial charge in [-0.25, -0.2) is 13.4 Å². The van der Waals surface area contributed by atoms with Crippen molar-refractivity contribution in [3.8, 4) is 0 Å². The van der Waals surface area contributed by atoms with Crippen molar-refractivity contribution < 1.29 is 12.9 Å². The number of rotatable bonds is 8. The number of nitrogens with zero attached hydrogens (tertiary/aromatic N) is 5. The van der Waals surface area contributed by atoms with Crippen LogP contribution in [-0.2, 0) is 28.7 Å². The highest BCUT2D eigenvalue weighted by atomic mass is 32.2. The molecule has 0 saturated carbocycles. The Balaban J connectivity index is 1.33. The molecular formula is C24H27N5O3S2. The van der Waals surface area contributed by atoms with Crippen molar-refractivity contribution in [2.75, 3.05) is 13.1 Å². The second kappa shape index (κ2) is 9.89. The molecule has 0 aliphatic carbocycles. The van der Waals surface area contributed by atoms with Crippen molar-refractivity contribution in [1.29, 1.82) is 0 Å². The van der Waals surface area contributed by atoms with Crippen molar-refractivity contribution in [2.45, 2.75) is 55.0 Å². The summed E-state index contributed by atoms with van der Waals surface area (Å²) in [6, 6.07) is 15.3. The van der Waals surface area contributed by atoms with Crippen LogP contribution in [0.2, 0.25) is 0 Å². The van der Waals surface area contributed by atoms with E-state index >= 15 is 0 Å². The zero-order chi connectivity index (χ0) is 23.5. The minimum absolute atomic E-state index is 0.307. The number of hydrogen-bond acceptors (Lipinski definition) is 7. The Morgan fingerprint density at radius 3 is 2.59 bits per heavy atom. The number of hydrogen-bond donors (Lipinski definition) is 0. The first kappa shape index (κ1) is 23.1. The summed E-state index contributed by atoms with van der Waals surface area (Å²) in [5, 5.41) is 4.89. The van der Waals surface area contributed by atoms with Gasteiger partial charge in [-0.1, -0.05) is 53.7 Å². The summed E-state index contributed by atoms with van der Waals surface area (Å²) in [6.07, 6.45) is 3.53. The Hall–Kier alpha value is -2.69. The molecule has 0 spiro atoms. The molecule has 3 heterocycles. The van der Waals surface area contributed by atoms with Crippen molar-refractivity contribution in [2.24, 2.45) is 0 Å². The molecule has 0 bridgehead atoms. The smallest absolute Gasteiger partial charge is 0.243 e. The lowest BCUT2D eigenvalue weighted by molar-refractivity contribution is 0.346. The van der Waals surface area contributed by atoms with E-state index in [0.717, 1.165) is 42.0 Å². The predicted molar refractivity (Wildman–Crippen MR) is 131 cm³/mol. The maximum Gasteiger partial charge on any atom is 0.243 e. The van der Waals surface area contributed by atoms with Crippen LogP contribution in [0.25, 0.3) is 11.0 Å². The van der Waals surface area contributed by atoms with Crippen LogP contribution in [0.1, 0.15) is 43.5 Å². The molecule has 178 valence electrons. The molecular weight excluding hydrogens is 470 g/mol. The third kappa shape index (κ3) is 4.75. The molecule has 1 saturated heterocycles. The third-order valence-electron chi connectivity index (χ3n) is 5.99. The Bertz CT molecular complexity index is 1380. The van der Waals surface area contributed by atoms with Crippen molar-refractivity contribution in [1.82, 2.24) is 24.0 Å². The number of piperidine rings is 1. The summed E-state index contributed by atoms with van der Waals surface area (Å²) < 4.78 is 35.3. The second-order valence-electron chi connectivity index (χ2n) is 8.31.